The van der Waals surface area contributed by atoms with Gasteiger partial charge < -0.3 is 5.73 Å². The van der Waals surface area contributed by atoms with Crippen molar-refractivity contribution in [2.45, 2.75) is 11.3 Å². The van der Waals surface area contributed by atoms with Gasteiger partial charge in [0.05, 0.1) is 5.02 Å². The summed E-state index contributed by atoms with van der Waals surface area (Å²) in [6.45, 7) is 0.180. The molecule has 0 fully saturated rings. The number of anilines is 1. The Balaban J connectivity index is 2.04. The second kappa shape index (κ2) is 6.43. The van der Waals surface area contributed by atoms with Crippen LogP contribution in [0.15, 0.2) is 47.4 Å². The molecule has 7 heteroatoms. The first-order chi connectivity index (χ1) is 9.88. The van der Waals surface area contributed by atoms with Crippen LogP contribution in [0.1, 0.15) is 5.56 Å². The topological polar surface area (TPSA) is 72.2 Å². The quantitative estimate of drug-likeness (QED) is 0.829. The van der Waals surface area contributed by atoms with Gasteiger partial charge in [-0.15, -0.1) is 0 Å². The van der Waals surface area contributed by atoms with E-state index in [1.54, 1.807) is 12.1 Å². The van der Waals surface area contributed by atoms with Gasteiger partial charge in [0.25, 0.3) is 0 Å². The third-order valence-corrected chi connectivity index (χ3v) is 4.81. The minimum atomic E-state index is -3.73. The predicted molar refractivity (Wildman–Crippen MR) is 81.2 cm³/mol. The lowest BCUT2D eigenvalue weighted by Gasteiger charge is -2.09. The number of hydrogen-bond donors (Lipinski definition) is 2. The van der Waals surface area contributed by atoms with Crippen LogP contribution in [0, 0.1) is 5.82 Å². The molecule has 0 aliphatic heterocycles. The van der Waals surface area contributed by atoms with Gasteiger partial charge >= 0.3 is 0 Å². The van der Waals surface area contributed by atoms with E-state index in [9.17, 15) is 12.8 Å². The molecule has 0 unspecified atom stereocenters. The fourth-order valence-electron chi connectivity index (χ4n) is 1.78. The van der Waals surface area contributed by atoms with E-state index in [0.717, 1.165) is 5.56 Å². The van der Waals surface area contributed by atoms with Crippen LogP contribution in [0.5, 0.6) is 0 Å². The van der Waals surface area contributed by atoms with Gasteiger partial charge in [-0.25, -0.2) is 17.5 Å². The van der Waals surface area contributed by atoms with Crippen molar-refractivity contribution in [3.8, 4) is 0 Å². The summed E-state index contributed by atoms with van der Waals surface area (Å²) in [5, 5.41) is 0.110. The summed E-state index contributed by atoms with van der Waals surface area (Å²) >= 11 is 5.88. The van der Waals surface area contributed by atoms with Gasteiger partial charge in [-0.05, 0) is 42.3 Å². The monoisotopic (exact) mass is 328 g/mol. The van der Waals surface area contributed by atoms with Gasteiger partial charge in [0.2, 0.25) is 10.0 Å². The molecular formula is C14H14ClFN2O2S. The summed E-state index contributed by atoms with van der Waals surface area (Å²) < 4.78 is 39.5. The number of nitrogen functional groups attached to an aromatic ring is 1. The number of nitrogens with one attached hydrogen (secondary N) is 1. The highest BCUT2D eigenvalue weighted by molar-refractivity contribution is 7.89. The highest BCUT2D eigenvalue weighted by atomic mass is 35.5. The minimum absolute atomic E-state index is 0.0525. The third-order valence-electron chi connectivity index (χ3n) is 2.86. The molecule has 4 nitrogen and oxygen atoms in total. The summed E-state index contributed by atoms with van der Waals surface area (Å²) in [4.78, 5) is -0.0525. The van der Waals surface area contributed by atoms with Crippen molar-refractivity contribution in [1.82, 2.24) is 4.72 Å². The summed E-state index contributed by atoms with van der Waals surface area (Å²) in [5.41, 5.74) is 6.72. The standard InChI is InChI=1S/C14H14ClFN2O2S/c15-13-6-5-12(17)9-14(13)21(19,20)18-8-7-10-1-3-11(16)4-2-10/h1-6,9,18H,7-8,17H2. The Morgan fingerprint density at radius 1 is 1.14 bits per heavy atom. The van der Waals surface area contributed by atoms with Crippen molar-refractivity contribution in [2.75, 3.05) is 12.3 Å². The smallest absolute Gasteiger partial charge is 0.242 e. The van der Waals surface area contributed by atoms with Crippen molar-refractivity contribution in [1.29, 1.82) is 0 Å². The van der Waals surface area contributed by atoms with Gasteiger partial charge in [-0.2, -0.15) is 0 Å². The molecule has 2 aromatic rings. The van der Waals surface area contributed by atoms with E-state index in [1.807, 2.05) is 0 Å². The first kappa shape index (κ1) is 15.8. The molecule has 0 amide bonds. The normalized spacial score (nSPS) is 11.5. The Labute approximate surface area is 127 Å². The number of nitrogens with two attached hydrogens (primary N) is 1. The average molecular weight is 329 g/mol. The molecule has 21 heavy (non-hydrogen) atoms. The van der Waals surface area contributed by atoms with Crippen LogP contribution < -0.4 is 10.5 Å². The average Bonchev–Trinajstić information content (AvgIpc) is 2.43. The van der Waals surface area contributed by atoms with Gasteiger partial charge in [-0.1, -0.05) is 23.7 Å². The van der Waals surface area contributed by atoms with E-state index in [1.165, 1.54) is 30.3 Å². The van der Waals surface area contributed by atoms with Crippen molar-refractivity contribution in [3.05, 3.63) is 58.9 Å². The van der Waals surface area contributed by atoms with Crippen LogP contribution in [0.25, 0.3) is 0 Å². The van der Waals surface area contributed by atoms with Crippen molar-refractivity contribution in [2.24, 2.45) is 0 Å². The van der Waals surface area contributed by atoms with Crippen molar-refractivity contribution >= 4 is 27.3 Å². The Hall–Kier alpha value is -1.63. The molecule has 0 aliphatic carbocycles. The minimum Gasteiger partial charge on any atom is -0.399 e. The SMILES string of the molecule is Nc1ccc(Cl)c(S(=O)(=O)NCCc2ccc(F)cc2)c1. The molecule has 2 aromatic carbocycles. The molecule has 0 saturated carbocycles. The Bertz CT molecular complexity index is 733. The number of hydrogen-bond acceptors (Lipinski definition) is 3. The summed E-state index contributed by atoms with van der Waals surface area (Å²) in [6.07, 6.45) is 0.444. The first-order valence-electron chi connectivity index (χ1n) is 6.17. The zero-order valence-corrected chi connectivity index (χ0v) is 12.6. The molecule has 2 rings (SSSR count). The Kier molecular flexibility index (Phi) is 4.82. The van der Waals surface area contributed by atoms with Gasteiger partial charge in [-0.3, -0.25) is 0 Å². The molecule has 0 spiro atoms. The van der Waals surface area contributed by atoms with Crippen LogP contribution in [-0.2, 0) is 16.4 Å². The fraction of sp³-hybridized carbons (Fsp3) is 0.143. The lowest BCUT2D eigenvalue weighted by Crippen LogP contribution is -2.26. The van der Waals surface area contributed by atoms with E-state index in [-0.39, 0.29) is 22.3 Å². The Morgan fingerprint density at radius 2 is 1.81 bits per heavy atom. The summed E-state index contributed by atoms with van der Waals surface area (Å²) in [5.74, 6) is -0.328. The van der Waals surface area contributed by atoms with Crippen molar-refractivity contribution < 1.29 is 12.8 Å². The number of sulfonamides is 1. The second-order valence-electron chi connectivity index (χ2n) is 4.46. The number of rotatable bonds is 5. The third kappa shape index (κ3) is 4.17. The maximum absolute atomic E-state index is 12.8. The van der Waals surface area contributed by atoms with Crippen LogP contribution in [-0.4, -0.2) is 15.0 Å². The molecule has 0 atom stereocenters. The highest BCUT2D eigenvalue weighted by Gasteiger charge is 2.17. The zero-order chi connectivity index (χ0) is 15.5. The number of halogens is 2. The van der Waals surface area contributed by atoms with Gasteiger partial charge in [0, 0.05) is 12.2 Å². The van der Waals surface area contributed by atoms with Crippen LogP contribution in [0.3, 0.4) is 0 Å². The molecular weight excluding hydrogens is 315 g/mol. The molecule has 0 aliphatic rings. The van der Waals surface area contributed by atoms with E-state index < -0.39 is 10.0 Å². The number of benzene rings is 2. The van der Waals surface area contributed by atoms with Gasteiger partial charge in [0.1, 0.15) is 10.7 Å². The molecule has 0 radical (unpaired) electrons. The van der Waals surface area contributed by atoms with Crippen LogP contribution >= 0.6 is 11.6 Å². The fourth-order valence-corrected chi connectivity index (χ4v) is 3.35. The second-order valence-corrected chi connectivity index (χ2v) is 6.61. The maximum atomic E-state index is 12.8. The maximum Gasteiger partial charge on any atom is 0.242 e. The van der Waals surface area contributed by atoms with E-state index in [0.29, 0.717) is 12.1 Å². The lowest BCUT2D eigenvalue weighted by atomic mass is 10.1. The largest absolute Gasteiger partial charge is 0.399 e. The zero-order valence-electron chi connectivity index (χ0n) is 11.0. The molecule has 3 N–H and O–H groups in total. The summed E-state index contributed by atoms with van der Waals surface area (Å²) in [6, 6.07) is 10.2. The van der Waals surface area contributed by atoms with Crippen LogP contribution in [0.2, 0.25) is 5.02 Å². The van der Waals surface area contributed by atoms with E-state index in [2.05, 4.69) is 4.72 Å². The molecule has 0 bridgehead atoms. The van der Waals surface area contributed by atoms with Crippen molar-refractivity contribution in [3.63, 3.8) is 0 Å². The molecule has 112 valence electrons. The van der Waals surface area contributed by atoms with Gasteiger partial charge in [0.15, 0.2) is 0 Å². The van der Waals surface area contributed by atoms with E-state index >= 15 is 0 Å². The van der Waals surface area contributed by atoms with Crippen LogP contribution in [0.4, 0.5) is 10.1 Å². The molecule has 0 heterocycles. The highest BCUT2D eigenvalue weighted by Crippen LogP contribution is 2.23. The Morgan fingerprint density at radius 3 is 2.48 bits per heavy atom. The molecule has 0 aromatic heterocycles. The summed E-state index contributed by atoms with van der Waals surface area (Å²) in [7, 11) is -3.73. The molecule has 0 saturated heterocycles. The predicted octanol–water partition coefficient (Wildman–Crippen LogP) is 2.58. The van der Waals surface area contributed by atoms with E-state index in [4.69, 9.17) is 17.3 Å². The first-order valence-corrected chi connectivity index (χ1v) is 8.04. The lowest BCUT2D eigenvalue weighted by molar-refractivity contribution is 0.581.